The molecule has 0 saturated carbocycles. The number of rotatable bonds is 4. The van der Waals surface area contributed by atoms with Crippen LogP contribution in [-0.4, -0.2) is 47.8 Å². The summed E-state index contributed by atoms with van der Waals surface area (Å²) in [5, 5.41) is 8.85. The third-order valence-electron chi connectivity index (χ3n) is 2.08. The topological polar surface area (TPSA) is 92.9 Å². The summed E-state index contributed by atoms with van der Waals surface area (Å²) in [6.45, 7) is 0.544. The zero-order chi connectivity index (χ0) is 10.6. The summed E-state index contributed by atoms with van der Waals surface area (Å²) in [5.41, 5.74) is 4.80. The molecule has 0 radical (unpaired) electrons. The van der Waals surface area contributed by atoms with Crippen LogP contribution in [0.2, 0.25) is 0 Å². The Bertz CT molecular complexity index is 231. The lowest BCUT2D eigenvalue weighted by atomic mass is 10.3. The molecular weight excluding hydrogens is 188 g/mol. The number of amides is 2. The van der Waals surface area contributed by atoms with Crippen LogP contribution in [0.4, 0.5) is 4.79 Å². The van der Waals surface area contributed by atoms with Crippen molar-refractivity contribution in [3.63, 3.8) is 0 Å². The van der Waals surface area contributed by atoms with Crippen molar-refractivity contribution >= 4 is 12.0 Å². The molecule has 1 saturated heterocycles. The summed E-state index contributed by atoms with van der Waals surface area (Å²) in [5.74, 6) is 0.0246. The van der Waals surface area contributed by atoms with Crippen LogP contribution in [0, 0.1) is 0 Å². The van der Waals surface area contributed by atoms with E-state index in [-0.39, 0.29) is 19.1 Å². The normalized spacial score (nSPS) is 18.4. The van der Waals surface area contributed by atoms with E-state index < -0.39 is 12.2 Å². The van der Waals surface area contributed by atoms with E-state index in [1.807, 2.05) is 0 Å². The van der Waals surface area contributed by atoms with Crippen LogP contribution in [0.3, 0.4) is 0 Å². The van der Waals surface area contributed by atoms with Crippen molar-refractivity contribution in [1.29, 1.82) is 0 Å². The maximum atomic E-state index is 11.2. The van der Waals surface area contributed by atoms with Crippen LogP contribution < -0.4 is 5.73 Å². The molecule has 1 rings (SSSR count). The smallest absolute Gasteiger partial charge is 0.404 e. The van der Waals surface area contributed by atoms with E-state index in [0.717, 1.165) is 6.42 Å². The first-order valence-electron chi connectivity index (χ1n) is 4.48. The second kappa shape index (κ2) is 4.80. The molecule has 0 bridgehead atoms. The third-order valence-corrected chi connectivity index (χ3v) is 2.08. The predicted molar refractivity (Wildman–Crippen MR) is 47.4 cm³/mol. The molecule has 1 fully saturated rings. The lowest BCUT2D eigenvalue weighted by Gasteiger charge is -2.21. The number of nitrogens with two attached hydrogens (primary N) is 1. The fraction of sp³-hybridized carbons (Fsp3) is 0.750. The molecule has 6 nitrogen and oxygen atoms in total. The highest BCUT2D eigenvalue weighted by atomic mass is 16.6. The monoisotopic (exact) mass is 202 g/mol. The summed E-state index contributed by atoms with van der Waals surface area (Å²) >= 11 is 0. The summed E-state index contributed by atoms with van der Waals surface area (Å²) in [6.07, 6.45) is -0.312. The van der Waals surface area contributed by atoms with Crippen molar-refractivity contribution in [2.45, 2.75) is 18.9 Å². The fourth-order valence-corrected chi connectivity index (χ4v) is 1.44. The lowest BCUT2D eigenvalue weighted by Crippen LogP contribution is -2.38. The van der Waals surface area contributed by atoms with Gasteiger partial charge in [0.2, 0.25) is 5.91 Å². The number of primary amides is 1. The summed E-state index contributed by atoms with van der Waals surface area (Å²) in [4.78, 5) is 23.2. The van der Waals surface area contributed by atoms with E-state index in [1.165, 1.54) is 0 Å². The minimum Gasteiger partial charge on any atom is -0.442 e. The molecule has 80 valence electrons. The SMILES string of the molecule is NC(=O)O[C@H](CO)CN1CCCC1=O. The van der Waals surface area contributed by atoms with Crippen molar-refractivity contribution in [3.8, 4) is 0 Å². The van der Waals surface area contributed by atoms with Gasteiger partial charge in [-0.15, -0.1) is 0 Å². The van der Waals surface area contributed by atoms with Gasteiger partial charge in [-0.2, -0.15) is 0 Å². The highest BCUT2D eigenvalue weighted by Gasteiger charge is 2.24. The summed E-state index contributed by atoms with van der Waals surface area (Å²) in [6, 6.07) is 0. The van der Waals surface area contributed by atoms with E-state index in [2.05, 4.69) is 4.74 Å². The van der Waals surface area contributed by atoms with Gasteiger partial charge < -0.3 is 20.5 Å². The van der Waals surface area contributed by atoms with E-state index in [9.17, 15) is 9.59 Å². The maximum Gasteiger partial charge on any atom is 0.404 e. The molecule has 0 aromatic carbocycles. The van der Waals surface area contributed by atoms with Gasteiger partial charge in [-0.1, -0.05) is 0 Å². The predicted octanol–water partition coefficient (Wildman–Crippen LogP) is -0.935. The Balaban J connectivity index is 2.39. The van der Waals surface area contributed by atoms with Gasteiger partial charge in [0.1, 0.15) is 6.10 Å². The van der Waals surface area contributed by atoms with E-state index in [0.29, 0.717) is 13.0 Å². The van der Waals surface area contributed by atoms with Gasteiger partial charge in [0, 0.05) is 13.0 Å². The number of hydrogen-bond acceptors (Lipinski definition) is 4. The van der Waals surface area contributed by atoms with Crippen LogP contribution in [0.25, 0.3) is 0 Å². The van der Waals surface area contributed by atoms with Crippen LogP contribution >= 0.6 is 0 Å². The van der Waals surface area contributed by atoms with Crippen molar-refractivity contribution in [2.24, 2.45) is 5.73 Å². The zero-order valence-corrected chi connectivity index (χ0v) is 7.81. The molecule has 1 aliphatic rings. The maximum absolute atomic E-state index is 11.2. The van der Waals surface area contributed by atoms with Crippen molar-refractivity contribution < 1.29 is 19.4 Å². The van der Waals surface area contributed by atoms with Crippen molar-refractivity contribution in [2.75, 3.05) is 19.7 Å². The Kier molecular flexibility index (Phi) is 3.70. The van der Waals surface area contributed by atoms with Gasteiger partial charge in [0.05, 0.1) is 13.2 Å². The Morgan fingerprint density at radius 1 is 1.71 bits per heavy atom. The number of ether oxygens (including phenoxy) is 1. The molecule has 0 spiro atoms. The second-order valence-corrected chi connectivity index (χ2v) is 3.18. The molecule has 14 heavy (non-hydrogen) atoms. The first kappa shape index (κ1) is 10.8. The van der Waals surface area contributed by atoms with Crippen molar-refractivity contribution in [1.82, 2.24) is 4.90 Å². The van der Waals surface area contributed by atoms with Gasteiger partial charge in [-0.25, -0.2) is 4.79 Å². The molecule has 0 aromatic heterocycles. The number of carbonyl (C=O) groups is 2. The molecule has 0 aliphatic carbocycles. The average molecular weight is 202 g/mol. The Hall–Kier alpha value is -1.30. The minimum absolute atomic E-state index is 0.0246. The summed E-state index contributed by atoms with van der Waals surface area (Å²) < 4.78 is 4.60. The lowest BCUT2D eigenvalue weighted by molar-refractivity contribution is -0.129. The van der Waals surface area contributed by atoms with E-state index in [4.69, 9.17) is 10.8 Å². The standard InChI is InChI=1S/C8H14N2O4/c9-8(13)14-6(5-11)4-10-3-1-2-7(10)12/h6,11H,1-5H2,(H2,9,13)/t6-/m0/s1. The molecule has 1 heterocycles. The average Bonchev–Trinajstić information content (AvgIpc) is 2.50. The van der Waals surface area contributed by atoms with Gasteiger partial charge in [0.15, 0.2) is 0 Å². The summed E-state index contributed by atoms with van der Waals surface area (Å²) in [7, 11) is 0. The first-order valence-corrected chi connectivity index (χ1v) is 4.48. The van der Waals surface area contributed by atoms with Gasteiger partial charge in [0.25, 0.3) is 0 Å². The Morgan fingerprint density at radius 2 is 2.43 bits per heavy atom. The number of carbonyl (C=O) groups excluding carboxylic acids is 2. The van der Waals surface area contributed by atoms with Crippen LogP contribution in [0.15, 0.2) is 0 Å². The van der Waals surface area contributed by atoms with Crippen LogP contribution in [0.1, 0.15) is 12.8 Å². The highest BCUT2D eigenvalue weighted by Crippen LogP contribution is 2.10. The first-order chi connectivity index (χ1) is 6.63. The number of aliphatic hydroxyl groups is 1. The van der Waals surface area contributed by atoms with E-state index in [1.54, 1.807) is 4.90 Å². The molecule has 2 amide bonds. The van der Waals surface area contributed by atoms with E-state index >= 15 is 0 Å². The third kappa shape index (κ3) is 2.88. The fourth-order valence-electron chi connectivity index (χ4n) is 1.44. The van der Waals surface area contributed by atoms with Gasteiger partial charge in [-0.3, -0.25) is 4.79 Å². The Morgan fingerprint density at radius 3 is 2.86 bits per heavy atom. The molecule has 1 atom stereocenters. The number of hydrogen-bond donors (Lipinski definition) is 2. The molecular formula is C8H14N2O4. The second-order valence-electron chi connectivity index (χ2n) is 3.18. The van der Waals surface area contributed by atoms with Gasteiger partial charge >= 0.3 is 6.09 Å². The molecule has 3 N–H and O–H groups in total. The zero-order valence-electron chi connectivity index (χ0n) is 7.81. The molecule has 1 aliphatic heterocycles. The largest absolute Gasteiger partial charge is 0.442 e. The van der Waals surface area contributed by atoms with Crippen molar-refractivity contribution in [3.05, 3.63) is 0 Å². The quantitative estimate of drug-likeness (QED) is 0.615. The van der Waals surface area contributed by atoms with Crippen LogP contribution in [0.5, 0.6) is 0 Å². The minimum atomic E-state index is -0.935. The molecule has 0 unspecified atom stereocenters. The van der Waals surface area contributed by atoms with Gasteiger partial charge in [-0.05, 0) is 6.42 Å². The molecule has 6 heteroatoms. The number of nitrogens with zero attached hydrogens (tertiary/aromatic N) is 1. The number of likely N-dealkylation sites (tertiary alicyclic amines) is 1. The number of aliphatic hydroxyl groups excluding tert-OH is 1. The molecule has 0 aromatic rings. The highest BCUT2D eigenvalue weighted by molar-refractivity contribution is 5.78. The Labute approximate surface area is 81.6 Å². The van der Waals surface area contributed by atoms with Crippen LogP contribution in [-0.2, 0) is 9.53 Å².